The number of rotatable bonds is 6. The lowest BCUT2D eigenvalue weighted by Crippen LogP contribution is -2.13. The zero-order valence-corrected chi connectivity index (χ0v) is 23.5. The minimum Gasteiger partial charge on any atom is -0.256 e. The Morgan fingerprint density at radius 1 is 0.659 bits per heavy atom. The smallest absolute Gasteiger partial charge is 0.0701 e. The molecule has 2 aliphatic carbocycles. The third-order valence-corrected chi connectivity index (χ3v) is 9.25. The highest BCUT2D eigenvalue weighted by Gasteiger charge is 2.34. The Morgan fingerprint density at radius 3 is 1.95 bits per heavy atom. The van der Waals surface area contributed by atoms with E-state index in [0.717, 1.165) is 28.9 Å². The predicted molar refractivity (Wildman–Crippen MR) is 174 cm³/mol. The quantitative estimate of drug-likeness (QED) is 0.241. The monoisotopic (exact) mass is 546 g/mol. The Kier molecular flexibility index (Phi) is 7.19. The standard InChI is InChI=1S/C38H30N2S/c1-3-23-39-35(5-1)31-17-11-27(12-18-31)7-9-29-15-21-33-34-22-16-30(26-38(34)41-37(33)25-29)10-8-28-13-19-32(20-14-28)36-6-2-4-24-40-36/h1-25,30,33,37H,26H2. The van der Waals surface area contributed by atoms with Crippen molar-refractivity contribution in [2.45, 2.75) is 11.7 Å². The summed E-state index contributed by atoms with van der Waals surface area (Å²) in [6.45, 7) is 0. The van der Waals surface area contributed by atoms with Gasteiger partial charge in [0.25, 0.3) is 0 Å². The van der Waals surface area contributed by atoms with Gasteiger partial charge in [0.2, 0.25) is 0 Å². The number of benzene rings is 2. The molecule has 0 fully saturated rings. The summed E-state index contributed by atoms with van der Waals surface area (Å²) in [4.78, 5) is 10.4. The van der Waals surface area contributed by atoms with Crippen LogP contribution in [0.15, 0.2) is 156 Å². The number of fused-ring (bicyclic) bond motifs is 2. The summed E-state index contributed by atoms with van der Waals surface area (Å²) >= 11 is 2.05. The lowest BCUT2D eigenvalue weighted by atomic mass is 9.85. The fourth-order valence-corrected chi connectivity index (χ4v) is 7.19. The van der Waals surface area contributed by atoms with Crippen molar-refractivity contribution in [1.29, 1.82) is 0 Å². The number of allylic oxidation sites excluding steroid dienone is 9. The third-order valence-electron chi connectivity index (χ3n) is 7.86. The zero-order chi connectivity index (χ0) is 27.4. The summed E-state index contributed by atoms with van der Waals surface area (Å²) in [6.07, 6.45) is 25.7. The molecule has 0 bridgehead atoms. The summed E-state index contributed by atoms with van der Waals surface area (Å²) < 4.78 is 0. The van der Waals surface area contributed by atoms with Crippen molar-refractivity contribution in [3.63, 3.8) is 0 Å². The third kappa shape index (κ3) is 5.73. The Bertz CT molecular complexity index is 1710. The molecule has 0 saturated carbocycles. The van der Waals surface area contributed by atoms with Crippen molar-refractivity contribution in [1.82, 2.24) is 9.97 Å². The molecule has 1 aliphatic heterocycles. The van der Waals surface area contributed by atoms with Gasteiger partial charge in [-0.25, -0.2) is 0 Å². The van der Waals surface area contributed by atoms with Crippen molar-refractivity contribution in [2.24, 2.45) is 11.8 Å². The highest BCUT2D eigenvalue weighted by atomic mass is 32.2. The molecule has 41 heavy (non-hydrogen) atoms. The molecule has 198 valence electrons. The van der Waals surface area contributed by atoms with E-state index in [1.54, 1.807) is 4.91 Å². The molecular formula is C38H30N2S. The van der Waals surface area contributed by atoms with Gasteiger partial charge in [0.1, 0.15) is 0 Å². The summed E-state index contributed by atoms with van der Waals surface area (Å²) in [5, 5.41) is 0.475. The normalized spacial score (nSPS) is 21.4. The predicted octanol–water partition coefficient (Wildman–Crippen LogP) is 9.60. The van der Waals surface area contributed by atoms with E-state index in [4.69, 9.17) is 0 Å². The fourth-order valence-electron chi connectivity index (χ4n) is 5.63. The lowest BCUT2D eigenvalue weighted by molar-refractivity contribution is 0.765. The first-order chi connectivity index (χ1) is 20.3. The molecule has 0 saturated heterocycles. The Balaban J connectivity index is 0.968. The maximum absolute atomic E-state index is 4.45. The zero-order valence-electron chi connectivity index (χ0n) is 22.7. The maximum atomic E-state index is 4.45. The molecule has 3 heteroatoms. The van der Waals surface area contributed by atoms with Gasteiger partial charge in [-0.15, -0.1) is 11.8 Å². The van der Waals surface area contributed by atoms with E-state index in [0.29, 0.717) is 17.1 Å². The number of pyridine rings is 2. The molecule has 0 amide bonds. The van der Waals surface area contributed by atoms with Crippen LogP contribution in [0.5, 0.6) is 0 Å². The van der Waals surface area contributed by atoms with Gasteiger partial charge in [-0.1, -0.05) is 115 Å². The van der Waals surface area contributed by atoms with Gasteiger partial charge in [-0.2, -0.15) is 0 Å². The molecule has 0 N–H and O–H groups in total. The summed E-state index contributed by atoms with van der Waals surface area (Å²) in [5.41, 5.74) is 9.50. The Morgan fingerprint density at radius 2 is 1.32 bits per heavy atom. The van der Waals surface area contributed by atoms with Crippen LogP contribution in [0, 0.1) is 11.8 Å². The van der Waals surface area contributed by atoms with Gasteiger partial charge in [-0.05, 0) is 63.8 Å². The van der Waals surface area contributed by atoms with Crippen LogP contribution in [0.2, 0.25) is 0 Å². The minimum atomic E-state index is 0.429. The van der Waals surface area contributed by atoms with Gasteiger partial charge in [0.05, 0.1) is 11.4 Å². The lowest BCUT2D eigenvalue weighted by Gasteiger charge is -2.19. The van der Waals surface area contributed by atoms with Gasteiger partial charge in [0.15, 0.2) is 0 Å². The van der Waals surface area contributed by atoms with E-state index in [1.807, 2.05) is 60.6 Å². The van der Waals surface area contributed by atoms with Crippen LogP contribution in [-0.4, -0.2) is 15.2 Å². The molecule has 3 aliphatic rings. The first-order valence-electron chi connectivity index (χ1n) is 14.2. The van der Waals surface area contributed by atoms with Crippen LogP contribution in [0.25, 0.3) is 34.7 Å². The van der Waals surface area contributed by atoms with E-state index in [2.05, 4.69) is 113 Å². The fraction of sp³-hybridized carbons (Fsp3) is 0.105. The highest BCUT2D eigenvalue weighted by molar-refractivity contribution is 8.04. The SMILES string of the molecule is C(=Cc1ccc(-c2ccccn2)cc1)C1=CC2SC3=C(C=CC(C=Cc4ccc(-c5ccccn5)cc4)C3)C2C=C1. The largest absolute Gasteiger partial charge is 0.256 e. The molecule has 2 aromatic heterocycles. The van der Waals surface area contributed by atoms with E-state index < -0.39 is 0 Å². The van der Waals surface area contributed by atoms with E-state index in [-0.39, 0.29) is 0 Å². The first-order valence-corrected chi connectivity index (χ1v) is 15.0. The minimum absolute atomic E-state index is 0.429. The molecule has 3 unspecified atom stereocenters. The number of hydrogen-bond acceptors (Lipinski definition) is 3. The second-order valence-corrected chi connectivity index (χ2v) is 11.9. The molecule has 4 aromatic rings. The molecule has 3 atom stereocenters. The number of thioether (sulfide) groups is 1. The molecular weight excluding hydrogens is 516 g/mol. The molecule has 3 heterocycles. The second-order valence-electron chi connectivity index (χ2n) is 10.6. The summed E-state index contributed by atoms with van der Waals surface area (Å²) in [6, 6.07) is 29.3. The summed E-state index contributed by atoms with van der Waals surface area (Å²) in [5.74, 6) is 0.906. The van der Waals surface area contributed by atoms with Gasteiger partial charge in [0, 0.05) is 34.7 Å². The molecule has 2 nitrogen and oxygen atoms in total. The van der Waals surface area contributed by atoms with Crippen LogP contribution >= 0.6 is 11.8 Å². The van der Waals surface area contributed by atoms with Gasteiger partial charge >= 0.3 is 0 Å². The van der Waals surface area contributed by atoms with Gasteiger partial charge < -0.3 is 0 Å². The van der Waals surface area contributed by atoms with Crippen LogP contribution in [0.1, 0.15) is 17.5 Å². The topological polar surface area (TPSA) is 25.8 Å². The van der Waals surface area contributed by atoms with E-state index in [1.165, 1.54) is 22.3 Å². The van der Waals surface area contributed by atoms with Crippen molar-refractivity contribution in [2.75, 3.05) is 0 Å². The van der Waals surface area contributed by atoms with E-state index >= 15 is 0 Å². The molecule has 0 radical (unpaired) electrons. The number of nitrogens with zero attached hydrogens (tertiary/aromatic N) is 2. The van der Waals surface area contributed by atoms with Crippen molar-refractivity contribution in [3.8, 4) is 22.5 Å². The highest BCUT2D eigenvalue weighted by Crippen LogP contribution is 2.50. The second kappa shape index (κ2) is 11.6. The average Bonchev–Trinajstić information content (AvgIpc) is 3.41. The van der Waals surface area contributed by atoms with Crippen molar-refractivity contribution >= 4 is 23.9 Å². The molecule has 7 rings (SSSR count). The number of aromatic nitrogens is 2. The van der Waals surface area contributed by atoms with Crippen LogP contribution in [0.4, 0.5) is 0 Å². The Hall–Kier alpha value is -4.47. The van der Waals surface area contributed by atoms with Crippen LogP contribution < -0.4 is 0 Å². The first kappa shape index (κ1) is 25.5. The number of hydrogen-bond donors (Lipinski definition) is 0. The molecule has 2 aromatic carbocycles. The van der Waals surface area contributed by atoms with Crippen molar-refractivity contribution < 1.29 is 0 Å². The molecule has 0 spiro atoms. The maximum Gasteiger partial charge on any atom is 0.0701 e. The average molecular weight is 547 g/mol. The Labute approximate surface area is 246 Å². The van der Waals surface area contributed by atoms with Crippen LogP contribution in [-0.2, 0) is 0 Å². The van der Waals surface area contributed by atoms with Gasteiger partial charge in [-0.3, -0.25) is 9.97 Å². The summed E-state index contributed by atoms with van der Waals surface area (Å²) in [7, 11) is 0. The van der Waals surface area contributed by atoms with E-state index in [9.17, 15) is 0 Å². The van der Waals surface area contributed by atoms with Crippen molar-refractivity contribution in [3.05, 3.63) is 167 Å². The van der Waals surface area contributed by atoms with Crippen LogP contribution in [0.3, 0.4) is 0 Å².